The van der Waals surface area contributed by atoms with Gasteiger partial charge in [-0.05, 0) is 61.1 Å². The molecule has 0 spiro atoms. The van der Waals surface area contributed by atoms with Crippen molar-refractivity contribution >= 4 is 29.3 Å². The lowest BCUT2D eigenvalue weighted by molar-refractivity contribution is -0.121. The van der Waals surface area contributed by atoms with Gasteiger partial charge in [0.2, 0.25) is 5.91 Å². The van der Waals surface area contributed by atoms with E-state index < -0.39 is 0 Å². The number of benzene rings is 2. The number of hydrogen-bond donors (Lipinski definition) is 2. The first kappa shape index (κ1) is 21.6. The molecule has 5 nitrogen and oxygen atoms in total. The number of rotatable bonds is 9. The highest BCUT2D eigenvalue weighted by Gasteiger charge is 2.10. The summed E-state index contributed by atoms with van der Waals surface area (Å²) in [5, 5.41) is 5.90. The largest absolute Gasteiger partial charge is 0.350 e. The van der Waals surface area contributed by atoms with E-state index in [1.807, 2.05) is 49.4 Å². The third kappa shape index (κ3) is 6.74. The first-order valence-electron chi connectivity index (χ1n) is 9.90. The predicted molar refractivity (Wildman–Crippen MR) is 122 cm³/mol. The SMILES string of the molecule is CC(NC(=O)CCCSc1ccccc1)c1ccc(NC(=O)c2ccncc2)cc1. The molecule has 0 aliphatic rings. The normalized spacial score (nSPS) is 11.5. The predicted octanol–water partition coefficient (Wildman–Crippen LogP) is 5.08. The van der Waals surface area contributed by atoms with Crippen molar-refractivity contribution in [2.45, 2.75) is 30.7 Å². The second-order valence-electron chi connectivity index (χ2n) is 6.87. The third-order valence-corrected chi connectivity index (χ3v) is 5.65. The van der Waals surface area contributed by atoms with Gasteiger partial charge in [-0.3, -0.25) is 14.6 Å². The Morgan fingerprint density at radius 1 is 0.967 bits per heavy atom. The van der Waals surface area contributed by atoms with Crippen molar-refractivity contribution in [3.05, 3.63) is 90.3 Å². The molecule has 3 rings (SSSR count). The highest BCUT2D eigenvalue weighted by atomic mass is 32.2. The monoisotopic (exact) mass is 419 g/mol. The van der Waals surface area contributed by atoms with E-state index in [1.54, 1.807) is 36.3 Å². The van der Waals surface area contributed by atoms with Crippen LogP contribution in [0.1, 0.15) is 41.7 Å². The number of anilines is 1. The molecule has 0 aliphatic heterocycles. The zero-order valence-electron chi connectivity index (χ0n) is 16.9. The number of amides is 2. The van der Waals surface area contributed by atoms with E-state index in [-0.39, 0.29) is 17.9 Å². The van der Waals surface area contributed by atoms with Crippen molar-refractivity contribution in [2.75, 3.05) is 11.1 Å². The molecule has 154 valence electrons. The summed E-state index contributed by atoms with van der Waals surface area (Å²) in [5.41, 5.74) is 2.25. The standard InChI is InChI=1S/C24H25N3O2S/c1-18(26-23(28)8-5-17-30-22-6-3-2-4-7-22)19-9-11-21(12-10-19)27-24(29)20-13-15-25-16-14-20/h2-4,6-7,9-16,18H,5,8,17H2,1H3,(H,26,28)(H,27,29). The average Bonchev–Trinajstić information content (AvgIpc) is 2.78. The van der Waals surface area contributed by atoms with Crippen LogP contribution in [0.2, 0.25) is 0 Å². The number of aromatic nitrogens is 1. The molecule has 1 heterocycles. The van der Waals surface area contributed by atoms with E-state index >= 15 is 0 Å². The number of pyridine rings is 1. The van der Waals surface area contributed by atoms with E-state index in [9.17, 15) is 9.59 Å². The summed E-state index contributed by atoms with van der Waals surface area (Å²) in [6, 6.07) is 21.0. The second-order valence-corrected chi connectivity index (χ2v) is 8.03. The molecule has 2 N–H and O–H groups in total. The number of nitrogens with zero attached hydrogens (tertiary/aromatic N) is 1. The Hall–Kier alpha value is -3.12. The smallest absolute Gasteiger partial charge is 0.255 e. The summed E-state index contributed by atoms with van der Waals surface area (Å²) in [4.78, 5) is 29.6. The van der Waals surface area contributed by atoms with Crippen molar-refractivity contribution in [3.8, 4) is 0 Å². The van der Waals surface area contributed by atoms with E-state index in [0.717, 1.165) is 17.7 Å². The molecule has 2 amide bonds. The molecule has 0 aliphatic carbocycles. The summed E-state index contributed by atoms with van der Waals surface area (Å²) in [5.74, 6) is 0.781. The maximum atomic E-state index is 12.2. The maximum Gasteiger partial charge on any atom is 0.255 e. The van der Waals surface area contributed by atoms with Crippen LogP contribution in [-0.4, -0.2) is 22.6 Å². The van der Waals surface area contributed by atoms with Crippen LogP contribution in [0, 0.1) is 0 Å². The average molecular weight is 420 g/mol. The third-order valence-electron chi connectivity index (χ3n) is 4.55. The summed E-state index contributed by atoms with van der Waals surface area (Å²) in [6.07, 6.45) is 4.51. The number of carbonyl (C=O) groups excluding carboxylic acids is 2. The van der Waals surface area contributed by atoms with Crippen molar-refractivity contribution < 1.29 is 9.59 Å². The molecule has 1 unspecified atom stereocenters. The minimum atomic E-state index is -0.181. The van der Waals surface area contributed by atoms with Gasteiger partial charge in [0.05, 0.1) is 6.04 Å². The molecule has 0 radical (unpaired) electrons. The zero-order chi connectivity index (χ0) is 21.2. The highest BCUT2D eigenvalue weighted by Crippen LogP contribution is 2.19. The van der Waals surface area contributed by atoms with Gasteiger partial charge in [0.1, 0.15) is 0 Å². The molecule has 0 saturated carbocycles. The van der Waals surface area contributed by atoms with Gasteiger partial charge >= 0.3 is 0 Å². The number of thioether (sulfide) groups is 1. The van der Waals surface area contributed by atoms with E-state index in [0.29, 0.717) is 17.7 Å². The number of carbonyl (C=O) groups is 2. The highest BCUT2D eigenvalue weighted by molar-refractivity contribution is 7.99. The van der Waals surface area contributed by atoms with Crippen molar-refractivity contribution in [1.82, 2.24) is 10.3 Å². The van der Waals surface area contributed by atoms with Crippen LogP contribution >= 0.6 is 11.8 Å². The topological polar surface area (TPSA) is 71.1 Å². The summed E-state index contributed by atoms with van der Waals surface area (Å²) in [6.45, 7) is 1.96. The van der Waals surface area contributed by atoms with E-state index in [2.05, 4.69) is 27.8 Å². The Morgan fingerprint density at radius 2 is 1.67 bits per heavy atom. The Bertz CT molecular complexity index is 947. The van der Waals surface area contributed by atoms with Gasteiger partial charge in [0, 0.05) is 35.0 Å². The van der Waals surface area contributed by atoms with Gasteiger partial charge in [-0.2, -0.15) is 0 Å². The van der Waals surface area contributed by atoms with Crippen LogP contribution in [0.4, 0.5) is 5.69 Å². The van der Waals surface area contributed by atoms with Gasteiger partial charge in [0.25, 0.3) is 5.91 Å². The lowest BCUT2D eigenvalue weighted by Crippen LogP contribution is -2.26. The van der Waals surface area contributed by atoms with Crippen molar-refractivity contribution in [2.24, 2.45) is 0 Å². The maximum absolute atomic E-state index is 12.2. The first-order chi connectivity index (χ1) is 14.6. The molecule has 1 aromatic heterocycles. The lowest BCUT2D eigenvalue weighted by Gasteiger charge is -2.15. The van der Waals surface area contributed by atoms with E-state index in [1.165, 1.54) is 4.90 Å². The van der Waals surface area contributed by atoms with Gasteiger partial charge in [-0.15, -0.1) is 11.8 Å². The van der Waals surface area contributed by atoms with Gasteiger partial charge in [-0.1, -0.05) is 30.3 Å². The van der Waals surface area contributed by atoms with Crippen LogP contribution in [0.25, 0.3) is 0 Å². The van der Waals surface area contributed by atoms with Crippen LogP contribution in [0.15, 0.2) is 84.0 Å². The summed E-state index contributed by atoms with van der Waals surface area (Å²) < 4.78 is 0. The molecule has 0 fully saturated rings. The van der Waals surface area contributed by atoms with Gasteiger partial charge < -0.3 is 10.6 Å². The van der Waals surface area contributed by atoms with Crippen LogP contribution in [0.5, 0.6) is 0 Å². The fourth-order valence-corrected chi connectivity index (χ4v) is 3.77. The summed E-state index contributed by atoms with van der Waals surface area (Å²) in [7, 11) is 0. The number of nitrogens with one attached hydrogen (secondary N) is 2. The molecule has 30 heavy (non-hydrogen) atoms. The minimum absolute atomic E-state index is 0.0474. The van der Waals surface area contributed by atoms with Gasteiger partial charge in [-0.25, -0.2) is 0 Å². The Kier molecular flexibility index (Phi) is 8.03. The van der Waals surface area contributed by atoms with Gasteiger partial charge in [0.15, 0.2) is 0 Å². The zero-order valence-corrected chi connectivity index (χ0v) is 17.7. The Morgan fingerprint density at radius 3 is 2.37 bits per heavy atom. The van der Waals surface area contributed by atoms with Crippen molar-refractivity contribution in [3.63, 3.8) is 0 Å². The Balaban J connectivity index is 1.42. The quantitative estimate of drug-likeness (QED) is 0.375. The minimum Gasteiger partial charge on any atom is -0.350 e. The molecule has 0 bridgehead atoms. The lowest BCUT2D eigenvalue weighted by atomic mass is 10.1. The first-order valence-corrected chi connectivity index (χ1v) is 10.9. The summed E-state index contributed by atoms with van der Waals surface area (Å²) >= 11 is 1.76. The second kappa shape index (κ2) is 11.2. The van der Waals surface area contributed by atoms with Crippen LogP contribution < -0.4 is 10.6 Å². The molecule has 1 atom stereocenters. The number of hydrogen-bond acceptors (Lipinski definition) is 4. The fraction of sp³-hybridized carbons (Fsp3) is 0.208. The van der Waals surface area contributed by atoms with E-state index in [4.69, 9.17) is 0 Å². The molecule has 0 saturated heterocycles. The van der Waals surface area contributed by atoms with Crippen LogP contribution in [-0.2, 0) is 4.79 Å². The molecular weight excluding hydrogens is 394 g/mol. The molecule has 3 aromatic rings. The molecule has 2 aromatic carbocycles. The van der Waals surface area contributed by atoms with Crippen LogP contribution in [0.3, 0.4) is 0 Å². The molecule has 6 heteroatoms. The fourth-order valence-electron chi connectivity index (χ4n) is 2.90. The molecular formula is C24H25N3O2S. The van der Waals surface area contributed by atoms with Crippen molar-refractivity contribution in [1.29, 1.82) is 0 Å². The Labute approximate surface area is 181 Å².